The molecule has 28 heavy (non-hydrogen) atoms. The fraction of sp³-hybridized carbons (Fsp3) is 0.350. The topological polar surface area (TPSA) is 84.9 Å². The van der Waals surface area contributed by atoms with Crippen molar-refractivity contribution in [2.24, 2.45) is 0 Å². The fourth-order valence-corrected chi connectivity index (χ4v) is 3.92. The van der Waals surface area contributed by atoms with E-state index in [4.69, 9.17) is 9.47 Å². The van der Waals surface area contributed by atoms with Crippen LogP contribution in [0.25, 0.3) is 0 Å². The van der Waals surface area contributed by atoms with Gasteiger partial charge in [-0.15, -0.1) is 0 Å². The molecule has 1 unspecified atom stereocenters. The van der Waals surface area contributed by atoms with Gasteiger partial charge in [-0.3, -0.25) is 9.10 Å². The molecule has 0 radical (unpaired) electrons. The lowest BCUT2D eigenvalue weighted by Gasteiger charge is -2.28. The summed E-state index contributed by atoms with van der Waals surface area (Å²) in [5.41, 5.74) is 1.28. The third kappa shape index (κ3) is 5.63. The molecular formula is C20H26N2O5S. The second kappa shape index (κ2) is 9.45. The fourth-order valence-electron chi connectivity index (χ4n) is 2.75. The Balaban J connectivity index is 2.12. The number of hydrogen-bond donors (Lipinski definition) is 1. The SMILES string of the molecule is CCOc1ccc(N(C(C)C(=O)NCc2ccc(OC)cc2)S(C)(=O)=O)cc1. The quantitative estimate of drug-likeness (QED) is 0.692. The minimum atomic E-state index is -3.66. The molecule has 1 N–H and O–H groups in total. The first-order valence-corrected chi connectivity index (χ1v) is 10.7. The molecule has 0 aliphatic heterocycles. The zero-order chi connectivity index (χ0) is 20.7. The summed E-state index contributed by atoms with van der Waals surface area (Å²) in [6, 6.07) is 13.0. The van der Waals surface area contributed by atoms with Crippen LogP contribution < -0.4 is 19.1 Å². The predicted molar refractivity (Wildman–Crippen MR) is 109 cm³/mol. The van der Waals surface area contributed by atoms with Crippen molar-refractivity contribution in [3.8, 4) is 11.5 Å². The van der Waals surface area contributed by atoms with E-state index in [0.717, 1.165) is 21.9 Å². The molecule has 0 saturated carbocycles. The van der Waals surface area contributed by atoms with E-state index in [0.29, 0.717) is 18.0 Å². The zero-order valence-electron chi connectivity index (χ0n) is 16.5. The lowest BCUT2D eigenvalue weighted by atomic mass is 10.2. The highest BCUT2D eigenvalue weighted by atomic mass is 32.2. The van der Waals surface area contributed by atoms with Crippen LogP contribution in [-0.4, -0.2) is 40.3 Å². The van der Waals surface area contributed by atoms with E-state index in [9.17, 15) is 13.2 Å². The Hall–Kier alpha value is -2.74. The van der Waals surface area contributed by atoms with Crippen molar-refractivity contribution in [1.82, 2.24) is 5.32 Å². The van der Waals surface area contributed by atoms with Crippen LogP contribution in [0.1, 0.15) is 19.4 Å². The second-order valence-corrected chi connectivity index (χ2v) is 8.09. The van der Waals surface area contributed by atoms with Crippen LogP contribution in [0.15, 0.2) is 48.5 Å². The van der Waals surface area contributed by atoms with Crippen molar-refractivity contribution in [3.05, 3.63) is 54.1 Å². The summed E-state index contributed by atoms with van der Waals surface area (Å²) in [4.78, 5) is 12.6. The second-order valence-electron chi connectivity index (χ2n) is 6.23. The Kier molecular flexibility index (Phi) is 7.28. The van der Waals surface area contributed by atoms with E-state index >= 15 is 0 Å². The minimum Gasteiger partial charge on any atom is -0.497 e. The monoisotopic (exact) mass is 406 g/mol. The van der Waals surface area contributed by atoms with E-state index in [1.807, 2.05) is 19.1 Å². The number of sulfonamides is 1. The number of rotatable bonds is 9. The molecule has 7 nitrogen and oxygen atoms in total. The van der Waals surface area contributed by atoms with Crippen LogP contribution in [-0.2, 0) is 21.4 Å². The first-order chi connectivity index (χ1) is 13.3. The van der Waals surface area contributed by atoms with E-state index in [1.54, 1.807) is 50.4 Å². The largest absolute Gasteiger partial charge is 0.497 e. The average Bonchev–Trinajstić information content (AvgIpc) is 2.67. The molecule has 152 valence electrons. The van der Waals surface area contributed by atoms with Crippen LogP contribution in [0, 0.1) is 0 Å². The van der Waals surface area contributed by atoms with E-state index < -0.39 is 22.0 Å². The highest BCUT2D eigenvalue weighted by molar-refractivity contribution is 7.92. The highest BCUT2D eigenvalue weighted by Crippen LogP contribution is 2.24. The number of nitrogens with zero attached hydrogens (tertiary/aromatic N) is 1. The van der Waals surface area contributed by atoms with Gasteiger partial charge in [0, 0.05) is 6.54 Å². The number of nitrogens with one attached hydrogen (secondary N) is 1. The smallest absolute Gasteiger partial charge is 0.243 e. The molecule has 0 heterocycles. The van der Waals surface area contributed by atoms with Gasteiger partial charge in [0.1, 0.15) is 17.5 Å². The normalized spacial score (nSPS) is 12.1. The Morgan fingerprint density at radius 1 is 1.07 bits per heavy atom. The number of carbonyl (C=O) groups excluding carboxylic acids is 1. The minimum absolute atomic E-state index is 0.286. The molecule has 0 aromatic heterocycles. The molecule has 0 aliphatic rings. The lowest BCUT2D eigenvalue weighted by Crippen LogP contribution is -2.47. The van der Waals surface area contributed by atoms with Gasteiger partial charge in [-0.2, -0.15) is 0 Å². The Morgan fingerprint density at radius 2 is 1.64 bits per heavy atom. The van der Waals surface area contributed by atoms with Gasteiger partial charge in [-0.05, 0) is 55.8 Å². The van der Waals surface area contributed by atoms with Crippen molar-refractivity contribution < 1.29 is 22.7 Å². The summed E-state index contributed by atoms with van der Waals surface area (Å²) in [5, 5.41) is 2.78. The number of benzene rings is 2. The number of carbonyl (C=O) groups is 1. The summed E-state index contributed by atoms with van der Waals surface area (Å²) < 4.78 is 36.3. The number of anilines is 1. The van der Waals surface area contributed by atoms with Gasteiger partial charge in [-0.1, -0.05) is 12.1 Å². The predicted octanol–water partition coefficient (Wildman–Crippen LogP) is 2.56. The molecule has 2 aromatic carbocycles. The molecule has 8 heteroatoms. The van der Waals surface area contributed by atoms with Gasteiger partial charge in [0.25, 0.3) is 0 Å². The maximum Gasteiger partial charge on any atom is 0.243 e. The van der Waals surface area contributed by atoms with Crippen molar-refractivity contribution >= 4 is 21.6 Å². The standard InChI is InChI=1S/C20H26N2O5S/c1-5-27-19-12-8-17(9-13-19)22(28(4,24)25)15(2)20(23)21-14-16-6-10-18(26-3)11-7-16/h6-13,15H,5,14H2,1-4H3,(H,21,23). The summed E-state index contributed by atoms with van der Waals surface area (Å²) in [7, 11) is -2.08. The first-order valence-electron chi connectivity index (χ1n) is 8.89. The van der Waals surface area contributed by atoms with Crippen LogP contribution in [0.2, 0.25) is 0 Å². The Bertz CT molecular complexity index is 880. The Labute approximate surface area is 166 Å². The first kappa shape index (κ1) is 21.6. The van der Waals surface area contributed by atoms with Crippen molar-refractivity contribution in [2.75, 3.05) is 24.3 Å². The van der Waals surface area contributed by atoms with Crippen molar-refractivity contribution in [3.63, 3.8) is 0 Å². The third-order valence-corrected chi connectivity index (χ3v) is 5.36. The molecule has 0 spiro atoms. The summed E-state index contributed by atoms with van der Waals surface area (Å²) in [6.07, 6.45) is 1.08. The van der Waals surface area contributed by atoms with Crippen LogP contribution in [0.5, 0.6) is 11.5 Å². The van der Waals surface area contributed by atoms with Gasteiger partial charge in [0.2, 0.25) is 15.9 Å². The lowest BCUT2D eigenvalue weighted by molar-refractivity contribution is -0.122. The van der Waals surface area contributed by atoms with Crippen LogP contribution in [0.3, 0.4) is 0 Å². The summed E-state index contributed by atoms with van der Waals surface area (Å²) in [5.74, 6) is 0.966. The third-order valence-electron chi connectivity index (χ3n) is 4.12. The molecular weight excluding hydrogens is 380 g/mol. The molecule has 2 rings (SSSR count). The molecule has 1 amide bonds. The molecule has 0 saturated heterocycles. The molecule has 0 fully saturated rings. The number of methoxy groups -OCH3 is 1. The van der Waals surface area contributed by atoms with Crippen molar-refractivity contribution in [1.29, 1.82) is 0 Å². The molecule has 0 bridgehead atoms. The van der Waals surface area contributed by atoms with E-state index in [2.05, 4.69) is 5.32 Å². The van der Waals surface area contributed by atoms with Crippen molar-refractivity contribution in [2.45, 2.75) is 26.4 Å². The summed E-state index contributed by atoms with van der Waals surface area (Å²) >= 11 is 0. The van der Waals surface area contributed by atoms with Crippen LogP contribution in [0.4, 0.5) is 5.69 Å². The summed E-state index contributed by atoms with van der Waals surface area (Å²) in [6.45, 7) is 4.22. The number of ether oxygens (including phenoxy) is 2. The number of hydrogen-bond acceptors (Lipinski definition) is 5. The maximum atomic E-state index is 12.6. The molecule has 0 aliphatic carbocycles. The van der Waals surface area contributed by atoms with Gasteiger partial charge >= 0.3 is 0 Å². The Morgan fingerprint density at radius 3 is 2.14 bits per heavy atom. The van der Waals surface area contributed by atoms with E-state index in [-0.39, 0.29) is 6.54 Å². The highest BCUT2D eigenvalue weighted by Gasteiger charge is 2.29. The molecule has 1 atom stereocenters. The zero-order valence-corrected chi connectivity index (χ0v) is 17.3. The van der Waals surface area contributed by atoms with Crippen LogP contribution >= 0.6 is 0 Å². The average molecular weight is 407 g/mol. The van der Waals surface area contributed by atoms with Gasteiger partial charge in [0.15, 0.2) is 0 Å². The maximum absolute atomic E-state index is 12.6. The van der Waals surface area contributed by atoms with Gasteiger partial charge in [0.05, 0.1) is 25.7 Å². The van der Waals surface area contributed by atoms with Gasteiger partial charge < -0.3 is 14.8 Å². The molecule has 2 aromatic rings. The van der Waals surface area contributed by atoms with Gasteiger partial charge in [-0.25, -0.2) is 8.42 Å². The number of amides is 1. The van der Waals surface area contributed by atoms with E-state index in [1.165, 1.54) is 0 Å².